The molecule has 0 N–H and O–H groups in total. The molecule has 0 bridgehead atoms. The van der Waals surface area contributed by atoms with Gasteiger partial charge in [0.25, 0.3) is 0 Å². The quantitative estimate of drug-likeness (QED) is 0.155. The topological polar surface area (TPSA) is 12.5 Å². The molecule has 0 spiro atoms. The van der Waals surface area contributed by atoms with Crippen LogP contribution >= 0.6 is 0 Å². The van der Waals surface area contributed by atoms with E-state index in [0.29, 0.717) is 5.92 Å². The highest BCUT2D eigenvalue weighted by Crippen LogP contribution is 2.54. The second-order valence-electron chi connectivity index (χ2n) is 13.4. The molecule has 1 aliphatic heterocycles. The predicted octanol–water partition coefficient (Wildman–Crippen LogP) is 11.4. The normalized spacial score (nSPS) is 20.6. The minimum Gasteiger partial charge on any atom is -0.483 e. The van der Waals surface area contributed by atoms with E-state index < -0.39 is 0 Å². The molecule has 2 aliphatic carbocycles. The van der Waals surface area contributed by atoms with Gasteiger partial charge >= 0.3 is 0 Å². The fraction of sp³-hybridized carbons (Fsp3) is 0.190. The molecule has 0 saturated heterocycles. The summed E-state index contributed by atoms with van der Waals surface area (Å²) >= 11 is 0. The van der Waals surface area contributed by atoms with Crippen molar-refractivity contribution in [1.82, 2.24) is 0 Å². The number of anilines is 3. The summed E-state index contributed by atoms with van der Waals surface area (Å²) in [5.74, 6) is 1.37. The molecule has 2 heteroatoms. The zero-order valence-electron chi connectivity index (χ0n) is 25.5. The van der Waals surface area contributed by atoms with Crippen LogP contribution in [0.15, 0.2) is 127 Å². The van der Waals surface area contributed by atoms with E-state index in [1.54, 1.807) is 0 Å². The molecule has 0 fully saturated rings. The number of hydrogen-bond acceptors (Lipinski definition) is 2. The van der Waals surface area contributed by atoms with Crippen molar-refractivity contribution in [1.29, 1.82) is 0 Å². The van der Waals surface area contributed by atoms with Crippen molar-refractivity contribution in [2.75, 3.05) is 4.90 Å². The van der Waals surface area contributed by atoms with Crippen LogP contribution in [-0.4, -0.2) is 5.60 Å². The van der Waals surface area contributed by atoms with Gasteiger partial charge in [0.2, 0.25) is 0 Å². The average molecular weight is 570 g/mol. The summed E-state index contributed by atoms with van der Waals surface area (Å²) in [6.45, 7) is 6.96. The molecule has 6 aromatic carbocycles. The molecule has 9 rings (SSSR count). The number of hydrogen-bond donors (Lipinski definition) is 0. The Hall–Kier alpha value is -4.82. The molecule has 0 radical (unpaired) electrons. The van der Waals surface area contributed by atoms with E-state index in [-0.39, 0.29) is 11.0 Å². The highest BCUT2D eigenvalue weighted by molar-refractivity contribution is 6.14. The van der Waals surface area contributed by atoms with E-state index in [9.17, 15) is 0 Å². The van der Waals surface area contributed by atoms with E-state index in [2.05, 4.69) is 153 Å². The average Bonchev–Trinajstić information content (AvgIpc) is 3.48. The lowest BCUT2D eigenvalue weighted by atomic mass is 9.78. The van der Waals surface area contributed by atoms with Crippen molar-refractivity contribution in [2.24, 2.45) is 0 Å². The molecule has 0 amide bonds. The van der Waals surface area contributed by atoms with Gasteiger partial charge in [-0.15, -0.1) is 0 Å². The van der Waals surface area contributed by atoms with Gasteiger partial charge in [-0.2, -0.15) is 0 Å². The third-order valence-corrected chi connectivity index (χ3v) is 10.5. The van der Waals surface area contributed by atoms with Crippen LogP contribution in [0.3, 0.4) is 0 Å². The van der Waals surface area contributed by atoms with E-state index in [1.807, 2.05) is 0 Å². The molecule has 6 aromatic rings. The second kappa shape index (κ2) is 9.09. The molecule has 0 saturated carbocycles. The summed E-state index contributed by atoms with van der Waals surface area (Å²) in [7, 11) is 0. The van der Waals surface area contributed by atoms with Crippen LogP contribution < -0.4 is 9.64 Å². The molecule has 2 nitrogen and oxygen atoms in total. The fourth-order valence-corrected chi connectivity index (χ4v) is 8.31. The van der Waals surface area contributed by atoms with Gasteiger partial charge in [-0.3, -0.25) is 0 Å². The Bertz CT molecular complexity index is 2170. The molecule has 2 atom stereocenters. The monoisotopic (exact) mass is 569 g/mol. The summed E-state index contributed by atoms with van der Waals surface area (Å²) in [6, 6.07) is 42.8. The maximum absolute atomic E-state index is 6.59. The first kappa shape index (κ1) is 25.7. The summed E-state index contributed by atoms with van der Waals surface area (Å²) in [5, 5.41) is 5.05. The van der Waals surface area contributed by atoms with Crippen molar-refractivity contribution in [3.63, 3.8) is 0 Å². The molecule has 44 heavy (non-hydrogen) atoms. The highest BCUT2D eigenvalue weighted by atomic mass is 16.5. The van der Waals surface area contributed by atoms with E-state index in [1.165, 1.54) is 66.4 Å². The summed E-state index contributed by atoms with van der Waals surface area (Å²) in [4.78, 5) is 2.49. The van der Waals surface area contributed by atoms with Crippen LogP contribution in [0, 0.1) is 0 Å². The Morgan fingerprint density at radius 2 is 1.36 bits per heavy atom. The van der Waals surface area contributed by atoms with Gasteiger partial charge in [0.1, 0.15) is 11.4 Å². The summed E-state index contributed by atoms with van der Waals surface area (Å²) in [6.07, 6.45) is 6.75. The van der Waals surface area contributed by atoms with Crippen molar-refractivity contribution < 1.29 is 4.74 Å². The molecule has 0 aromatic heterocycles. The number of ether oxygens (including phenoxy) is 1. The van der Waals surface area contributed by atoms with Gasteiger partial charge in [-0.1, -0.05) is 98.8 Å². The van der Waals surface area contributed by atoms with Gasteiger partial charge in [0, 0.05) is 33.7 Å². The lowest BCUT2D eigenvalue weighted by molar-refractivity contribution is 0.132. The van der Waals surface area contributed by atoms with Crippen LogP contribution in [0.2, 0.25) is 0 Å². The van der Waals surface area contributed by atoms with Crippen molar-refractivity contribution in [3.8, 4) is 16.9 Å². The Morgan fingerprint density at radius 3 is 2.25 bits per heavy atom. The Morgan fingerprint density at radius 1 is 0.659 bits per heavy atom. The lowest BCUT2D eigenvalue weighted by Crippen LogP contribution is -2.33. The predicted molar refractivity (Wildman–Crippen MR) is 184 cm³/mol. The largest absolute Gasteiger partial charge is 0.483 e. The standard InChI is InChI=1S/C42H35NO/c1-41(2)36-17-9-8-15-32(36)33-21-19-29(26-38(33)41)43(28-20-22-40-35(25-28)37-18-10-11-23-42(37,3)44-40)39-24-27-12-4-5-13-30(27)31-14-6-7-16-34(31)39/h4-9,11-17,19-26,37H,10,18H2,1-3H3. The van der Waals surface area contributed by atoms with Crippen molar-refractivity contribution in [3.05, 3.63) is 144 Å². The van der Waals surface area contributed by atoms with Gasteiger partial charge in [0.15, 0.2) is 0 Å². The van der Waals surface area contributed by atoms with Crippen LogP contribution in [0.25, 0.3) is 32.7 Å². The molecular formula is C42H35NO. The summed E-state index contributed by atoms with van der Waals surface area (Å²) < 4.78 is 6.59. The highest BCUT2D eigenvalue weighted by Gasteiger charge is 2.44. The minimum absolute atomic E-state index is 0.0823. The fourth-order valence-electron chi connectivity index (χ4n) is 8.31. The van der Waals surface area contributed by atoms with Crippen LogP contribution in [-0.2, 0) is 5.41 Å². The number of fused-ring (bicyclic) bond motifs is 9. The number of benzene rings is 6. The number of allylic oxidation sites excluding steroid dienone is 1. The Balaban J connectivity index is 1.31. The molecule has 214 valence electrons. The number of nitrogens with zero attached hydrogens (tertiary/aromatic N) is 1. The molecule has 1 heterocycles. The van der Waals surface area contributed by atoms with Gasteiger partial charge < -0.3 is 9.64 Å². The maximum Gasteiger partial charge on any atom is 0.131 e. The zero-order valence-corrected chi connectivity index (χ0v) is 25.5. The summed E-state index contributed by atoms with van der Waals surface area (Å²) in [5.41, 5.74) is 9.95. The zero-order chi connectivity index (χ0) is 29.6. The molecule has 3 aliphatic rings. The lowest BCUT2D eigenvalue weighted by Gasteiger charge is -2.31. The third-order valence-electron chi connectivity index (χ3n) is 10.5. The Kier molecular flexibility index (Phi) is 5.30. The second-order valence-corrected chi connectivity index (χ2v) is 13.4. The third kappa shape index (κ3) is 3.54. The van der Waals surface area contributed by atoms with E-state index >= 15 is 0 Å². The minimum atomic E-state index is -0.275. The first-order valence-corrected chi connectivity index (χ1v) is 15.9. The number of rotatable bonds is 3. The van der Waals surface area contributed by atoms with Crippen molar-refractivity contribution >= 4 is 38.6 Å². The van der Waals surface area contributed by atoms with Gasteiger partial charge in [-0.25, -0.2) is 0 Å². The van der Waals surface area contributed by atoms with Gasteiger partial charge in [-0.05, 0) is 101 Å². The van der Waals surface area contributed by atoms with E-state index in [0.717, 1.165) is 18.6 Å². The van der Waals surface area contributed by atoms with Crippen LogP contribution in [0.1, 0.15) is 56.2 Å². The maximum atomic E-state index is 6.59. The van der Waals surface area contributed by atoms with Crippen LogP contribution in [0.4, 0.5) is 17.1 Å². The van der Waals surface area contributed by atoms with Crippen molar-refractivity contribution in [2.45, 2.75) is 50.5 Å². The Labute approximate surface area is 259 Å². The van der Waals surface area contributed by atoms with Crippen LogP contribution in [0.5, 0.6) is 5.75 Å². The first-order valence-electron chi connectivity index (χ1n) is 15.9. The first-order chi connectivity index (χ1) is 21.4. The smallest absolute Gasteiger partial charge is 0.131 e. The SMILES string of the molecule is CC1(C)c2ccccc2-c2ccc(N(c3ccc4c(c3)C3CCC=CC3(C)O4)c3cc4ccccc4c4ccccc34)cc21. The molecular weight excluding hydrogens is 534 g/mol. The van der Waals surface area contributed by atoms with Gasteiger partial charge in [0.05, 0.1) is 5.69 Å². The molecule has 2 unspecified atom stereocenters. The van der Waals surface area contributed by atoms with E-state index in [4.69, 9.17) is 4.74 Å².